The van der Waals surface area contributed by atoms with E-state index in [2.05, 4.69) is 50.7 Å². The van der Waals surface area contributed by atoms with E-state index in [4.69, 9.17) is 4.74 Å². The molecule has 0 aliphatic heterocycles. The summed E-state index contributed by atoms with van der Waals surface area (Å²) >= 11 is 0. The zero-order chi connectivity index (χ0) is 15.6. The van der Waals surface area contributed by atoms with Crippen molar-refractivity contribution in [2.24, 2.45) is 5.92 Å². The van der Waals surface area contributed by atoms with E-state index in [-0.39, 0.29) is 0 Å². The van der Waals surface area contributed by atoms with Crippen molar-refractivity contribution in [1.29, 1.82) is 0 Å². The van der Waals surface area contributed by atoms with Crippen LogP contribution in [0, 0.1) is 5.92 Å². The number of benzene rings is 1. The molecule has 1 aromatic carbocycles. The topological polar surface area (TPSA) is 64.3 Å². The van der Waals surface area contributed by atoms with Crippen molar-refractivity contribution in [2.75, 3.05) is 19.0 Å². The minimum atomic E-state index is 0.466. The zero-order valence-electron chi connectivity index (χ0n) is 13.0. The van der Waals surface area contributed by atoms with Crippen LogP contribution in [-0.4, -0.2) is 33.2 Å². The van der Waals surface area contributed by atoms with Crippen LogP contribution in [0.15, 0.2) is 42.7 Å². The largest absolute Gasteiger partial charge is 0.378 e. The summed E-state index contributed by atoms with van der Waals surface area (Å²) in [6.45, 7) is 1.39. The van der Waals surface area contributed by atoms with Gasteiger partial charge in [-0.2, -0.15) is 14.6 Å². The highest BCUT2D eigenvalue weighted by Gasteiger charge is 2.37. The molecule has 1 saturated carbocycles. The Morgan fingerprint density at radius 1 is 1.30 bits per heavy atom. The monoisotopic (exact) mass is 309 g/mol. The van der Waals surface area contributed by atoms with Crippen molar-refractivity contribution in [1.82, 2.24) is 19.6 Å². The summed E-state index contributed by atoms with van der Waals surface area (Å²) in [5, 5.41) is 7.73. The summed E-state index contributed by atoms with van der Waals surface area (Å²) in [5.74, 6) is 2.83. The molecule has 2 aromatic heterocycles. The Bertz CT molecular complexity index is 801. The molecule has 118 valence electrons. The first-order valence-corrected chi connectivity index (χ1v) is 7.82. The van der Waals surface area contributed by atoms with Gasteiger partial charge >= 0.3 is 0 Å². The highest BCUT2D eigenvalue weighted by Crippen LogP contribution is 2.47. The van der Waals surface area contributed by atoms with Crippen LogP contribution in [0.2, 0.25) is 0 Å². The van der Waals surface area contributed by atoms with E-state index >= 15 is 0 Å². The van der Waals surface area contributed by atoms with Gasteiger partial charge in [0.05, 0.1) is 12.3 Å². The minimum absolute atomic E-state index is 0.466. The van der Waals surface area contributed by atoms with Crippen LogP contribution < -0.4 is 5.32 Å². The maximum atomic E-state index is 5.17. The number of hydrogen-bond acceptors (Lipinski definition) is 5. The van der Waals surface area contributed by atoms with E-state index in [1.165, 1.54) is 18.3 Å². The lowest BCUT2D eigenvalue weighted by Gasteiger charge is -2.09. The fourth-order valence-electron chi connectivity index (χ4n) is 3.03. The average molecular weight is 309 g/mol. The number of fused-ring (bicyclic) bond motifs is 1. The van der Waals surface area contributed by atoms with Crippen LogP contribution in [0.4, 0.5) is 5.82 Å². The molecule has 0 spiro atoms. The van der Waals surface area contributed by atoms with Crippen LogP contribution in [-0.2, 0) is 11.3 Å². The highest BCUT2D eigenvalue weighted by atomic mass is 16.5. The molecular formula is C17H19N5O. The van der Waals surface area contributed by atoms with Gasteiger partial charge in [0.1, 0.15) is 12.1 Å². The molecule has 0 radical (unpaired) electrons. The van der Waals surface area contributed by atoms with Gasteiger partial charge in [0.15, 0.2) is 0 Å². The van der Waals surface area contributed by atoms with Gasteiger partial charge < -0.3 is 10.1 Å². The number of anilines is 1. The normalized spacial score (nSPS) is 19.9. The summed E-state index contributed by atoms with van der Waals surface area (Å²) in [6.07, 6.45) is 2.75. The van der Waals surface area contributed by atoms with Gasteiger partial charge in [-0.05, 0) is 23.8 Å². The van der Waals surface area contributed by atoms with Crippen LogP contribution in [0.1, 0.15) is 23.6 Å². The van der Waals surface area contributed by atoms with E-state index in [1.54, 1.807) is 11.6 Å². The smallest absolute Gasteiger partial charge is 0.254 e. The first-order chi connectivity index (χ1) is 11.3. The SMILES string of the molecule is COCc1cc(NC[C@@H]2C[C@@H]2c2ccccc2)n2ncnc2n1. The number of aromatic nitrogens is 4. The Morgan fingerprint density at radius 2 is 2.17 bits per heavy atom. The third-order valence-corrected chi connectivity index (χ3v) is 4.29. The van der Waals surface area contributed by atoms with E-state index in [9.17, 15) is 0 Å². The molecule has 1 aliphatic carbocycles. The second kappa shape index (κ2) is 5.96. The maximum Gasteiger partial charge on any atom is 0.254 e. The lowest BCUT2D eigenvalue weighted by molar-refractivity contribution is 0.181. The lowest BCUT2D eigenvalue weighted by Crippen LogP contribution is -2.11. The molecule has 1 fully saturated rings. The molecule has 0 amide bonds. The molecule has 0 unspecified atom stereocenters. The third-order valence-electron chi connectivity index (χ3n) is 4.29. The second-order valence-electron chi connectivity index (χ2n) is 5.93. The van der Waals surface area contributed by atoms with Gasteiger partial charge in [-0.1, -0.05) is 30.3 Å². The molecule has 6 nitrogen and oxygen atoms in total. The summed E-state index contributed by atoms with van der Waals surface area (Å²) in [6, 6.07) is 12.7. The van der Waals surface area contributed by atoms with Crippen molar-refractivity contribution in [3.8, 4) is 0 Å². The number of hydrogen-bond donors (Lipinski definition) is 1. The highest BCUT2D eigenvalue weighted by molar-refractivity contribution is 5.45. The number of rotatable bonds is 6. The molecule has 4 rings (SSSR count). The van der Waals surface area contributed by atoms with Crippen LogP contribution in [0.5, 0.6) is 0 Å². The molecule has 1 N–H and O–H groups in total. The van der Waals surface area contributed by atoms with E-state index in [1.807, 2.05) is 6.07 Å². The third kappa shape index (κ3) is 2.90. The van der Waals surface area contributed by atoms with Gasteiger partial charge in [0, 0.05) is 19.7 Å². The summed E-state index contributed by atoms with van der Waals surface area (Å²) in [4.78, 5) is 8.59. The number of methoxy groups -OCH3 is 1. The first-order valence-electron chi connectivity index (χ1n) is 7.82. The fraction of sp³-hybridized carbons (Fsp3) is 0.353. The van der Waals surface area contributed by atoms with Gasteiger partial charge in [-0.15, -0.1) is 0 Å². The van der Waals surface area contributed by atoms with Crippen LogP contribution in [0.25, 0.3) is 5.78 Å². The summed E-state index contributed by atoms with van der Waals surface area (Å²) in [5.41, 5.74) is 2.28. The quantitative estimate of drug-likeness (QED) is 0.758. The Balaban J connectivity index is 1.47. The molecule has 6 heteroatoms. The number of nitrogens with zero attached hydrogens (tertiary/aromatic N) is 4. The Hall–Kier alpha value is -2.47. The van der Waals surface area contributed by atoms with Gasteiger partial charge in [0.2, 0.25) is 0 Å². The van der Waals surface area contributed by atoms with Gasteiger partial charge in [-0.25, -0.2) is 4.98 Å². The van der Waals surface area contributed by atoms with E-state index < -0.39 is 0 Å². The average Bonchev–Trinajstić information content (AvgIpc) is 3.21. The van der Waals surface area contributed by atoms with Crippen molar-refractivity contribution < 1.29 is 4.74 Å². The lowest BCUT2D eigenvalue weighted by atomic mass is 10.1. The molecule has 3 aromatic rings. The van der Waals surface area contributed by atoms with Crippen LogP contribution in [0.3, 0.4) is 0 Å². The summed E-state index contributed by atoms with van der Waals surface area (Å²) in [7, 11) is 1.66. The minimum Gasteiger partial charge on any atom is -0.378 e. The number of nitrogens with one attached hydrogen (secondary N) is 1. The summed E-state index contributed by atoms with van der Waals surface area (Å²) < 4.78 is 6.91. The Morgan fingerprint density at radius 3 is 3.00 bits per heavy atom. The first kappa shape index (κ1) is 14.1. The van der Waals surface area contributed by atoms with E-state index in [0.717, 1.165) is 18.1 Å². The van der Waals surface area contributed by atoms with Gasteiger partial charge in [-0.3, -0.25) is 0 Å². The predicted molar refractivity (Wildman–Crippen MR) is 87.3 cm³/mol. The Labute approximate surface area is 134 Å². The van der Waals surface area contributed by atoms with Crippen LogP contribution >= 0.6 is 0 Å². The molecule has 0 saturated heterocycles. The molecular weight excluding hydrogens is 290 g/mol. The Kier molecular flexibility index (Phi) is 3.67. The molecule has 23 heavy (non-hydrogen) atoms. The van der Waals surface area contributed by atoms with E-state index in [0.29, 0.717) is 24.2 Å². The van der Waals surface area contributed by atoms with Crippen molar-refractivity contribution in [3.63, 3.8) is 0 Å². The zero-order valence-corrected chi connectivity index (χ0v) is 13.0. The fourth-order valence-corrected chi connectivity index (χ4v) is 3.03. The molecule has 0 bridgehead atoms. The van der Waals surface area contributed by atoms with Crippen molar-refractivity contribution >= 4 is 11.6 Å². The molecule has 2 atom stereocenters. The van der Waals surface area contributed by atoms with Crippen molar-refractivity contribution in [3.05, 3.63) is 54.0 Å². The second-order valence-corrected chi connectivity index (χ2v) is 5.93. The maximum absolute atomic E-state index is 5.17. The van der Waals surface area contributed by atoms with Gasteiger partial charge in [0.25, 0.3) is 5.78 Å². The molecule has 2 heterocycles. The molecule has 1 aliphatic rings. The number of ether oxygens (including phenoxy) is 1. The predicted octanol–water partition coefficient (Wildman–Crippen LogP) is 2.49. The van der Waals surface area contributed by atoms with Crippen molar-refractivity contribution in [2.45, 2.75) is 18.9 Å². The standard InChI is InChI=1S/C17H19N5O/c1-23-10-14-8-16(22-17(21-14)19-11-20-22)18-9-13-7-15(13)12-5-3-2-4-6-12/h2-6,8,11,13,15,18H,7,9-10H2,1H3/t13-,15+/m0/s1.